The van der Waals surface area contributed by atoms with Gasteiger partial charge in [0.15, 0.2) is 5.82 Å². The zero-order valence-electron chi connectivity index (χ0n) is 10.0. The Morgan fingerprint density at radius 3 is 2.72 bits per heavy atom. The van der Waals surface area contributed by atoms with Gasteiger partial charge in [-0.2, -0.15) is 0 Å². The summed E-state index contributed by atoms with van der Waals surface area (Å²) in [6, 6.07) is 5.91. The lowest BCUT2D eigenvalue weighted by Crippen LogP contribution is -2.01. The predicted molar refractivity (Wildman–Crippen MR) is 74.5 cm³/mol. The molecule has 2 heterocycles. The highest BCUT2D eigenvalue weighted by Gasteiger charge is 2.26. The molecule has 0 aliphatic heterocycles. The second kappa shape index (κ2) is 4.65. The number of hydrogen-bond donors (Lipinski definition) is 1. The summed E-state index contributed by atoms with van der Waals surface area (Å²) in [5, 5.41) is 3.08. The van der Waals surface area contributed by atoms with Gasteiger partial charge in [-0.1, -0.05) is 0 Å². The largest absolute Gasteiger partial charge is 0.373 e. The highest BCUT2D eigenvalue weighted by Crippen LogP contribution is 2.40. The molecular formula is C13H13BrN4. The van der Waals surface area contributed by atoms with E-state index in [0.717, 1.165) is 21.7 Å². The van der Waals surface area contributed by atoms with E-state index in [9.17, 15) is 0 Å². The lowest BCUT2D eigenvalue weighted by molar-refractivity contribution is 0.988. The first-order valence-electron chi connectivity index (χ1n) is 5.95. The first kappa shape index (κ1) is 11.6. The van der Waals surface area contributed by atoms with Gasteiger partial charge in [0.05, 0.1) is 0 Å². The molecule has 0 amide bonds. The standard InChI is InChI=1S/C13H13BrN4/c1-15-12-6-11(8-2-3-8)17-13(18-12)10-5-4-9(14)7-16-10/h4-8H,2-3H2,1H3,(H,15,17,18). The van der Waals surface area contributed by atoms with Crippen molar-refractivity contribution in [2.75, 3.05) is 12.4 Å². The van der Waals surface area contributed by atoms with Gasteiger partial charge in [-0.25, -0.2) is 9.97 Å². The van der Waals surface area contributed by atoms with Gasteiger partial charge >= 0.3 is 0 Å². The quantitative estimate of drug-likeness (QED) is 0.946. The molecule has 2 aromatic rings. The number of pyridine rings is 1. The molecule has 0 bridgehead atoms. The van der Waals surface area contributed by atoms with Crippen LogP contribution in [-0.4, -0.2) is 22.0 Å². The highest BCUT2D eigenvalue weighted by molar-refractivity contribution is 9.10. The third-order valence-corrected chi connectivity index (χ3v) is 3.42. The molecule has 0 unspecified atom stereocenters. The van der Waals surface area contributed by atoms with E-state index in [1.165, 1.54) is 12.8 Å². The lowest BCUT2D eigenvalue weighted by Gasteiger charge is -2.06. The molecule has 1 fully saturated rings. The maximum absolute atomic E-state index is 4.61. The normalized spacial score (nSPS) is 14.6. The van der Waals surface area contributed by atoms with Crippen molar-refractivity contribution >= 4 is 21.7 Å². The monoisotopic (exact) mass is 304 g/mol. The maximum atomic E-state index is 4.61. The molecule has 0 radical (unpaired) electrons. The Labute approximate surface area is 114 Å². The molecule has 1 N–H and O–H groups in total. The molecule has 0 spiro atoms. The molecule has 5 heteroatoms. The van der Waals surface area contributed by atoms with Gasteiger partial charge in [-0.05, 0) is 40.9 Å². The second-order valence-electron chi connectivity index (χ2n) is 4.39. The van der Waals surface area contributed by atoms with E-state index in [1.54, 1.807) is 6.20 Å². The van der Waals surface area contributed by atoms with Crippen LogP contribution in [0.1, 0.15) is 24.5 Å². The summed E-state index contributed by atoms with van der Waals surface area (Å²) in [7, 11) is 1.87. The van der Waals surface area contributed by atoms with Crippen LogP contribution in [-0.2, 0) is 0 Å². The van der Waals surface area contributed by atoms with Crippen molar-refractivity contribution < 1.29 is 0 Å². The summed E-state index contributed by atoms with van der Waals surface area (Å²) >= 11 is 3.38. The van der Waals surface area contributed by atoms with Gasteiger partial charge in [0.25, 0.3) is 0 Å². The SMILES string of the molecule is CNc1cc(C2CC2)nc(-c2ccc(Br)cn2)n1. The van der Waals surface area contributed by atoms with Crippen molar-refractivity contribution in [2.24, 2.45) is 0 Å². The summed E-state index contributed by atoms with van der Waals surface area (Å²) in [6.07, 6.45) is 4.22. The fourth-order valence-corrected chi connectivity index (χ4v) is 2.04. The topological polar surface area (TPSA) is 50.7 Å². The molecule has 1 aliphatic rings. The first-order valence-corrected chi connectivity index (χ1v) is 6.74. The summed E-state index contributed by atoms with van der Waals surface area (Å²) in [6.45, 7) is 0. The number of rotatable bonds is 3. The van der Waals surface area contributed by atoms with E-state index < -0.39 is 0 Å². The van der Waals surface area contributed by atoms with Crippen molar-refractivity contribution in [2.45, 2.75) is 18.8 Å². The molecule has 0 saturated heterocycles. The average molecular weight is 305 g/mol. The van der Waals surface area contributed by atoms with Crippen LogP contribution in [0, 0.1) is 0 Å². The van der Waals surface area contributed by atoms with Crippen molar-refractivity contribution in [3.8, 4) is 11.5 Å². The van der Waals surface area contributed by atoms with Gasteiger partial charge in [0.2, 0.25) is 0 Å². The Morgan fingerprint density at radius 1 is 1.28 bits per heavy atom. The van der Waals surface area contributed by atoms with Gasteiger partial charge in [-0.15, -0.1) is 0 Å². The number of hydrogen-bond acceptors (Lipinski definition) is 4. The minimum atomic E-state index is 0.606. The van der Waals surface area contributed by atoms with E-state index >= 15 is 0 Å². The third-order valence-electron chi connectivity index (χ3n) is 2.95. The van der Waals surface area contributed by atoms with Crippen LogP contribution in [0.25, 0.3) is 11.5 Å². The maximum Gasteiger partial charge on any atom is 0.180 e. The predicted octanol–water partition coefficient (Wildman–Crippen LogP) is 3.22. The van der Waals surface area contributed by atoms with Crippen molar-refractivity contribution in [1.82, 2.24) is 15.0 Å². The van der Waals surface area contributed by atoms with Crippen LogP contribution in [0.15, 0.2) is 28.9 Å². The fraction of sp³-hybridized carbons (Fsp3) is 0.308. The Bertz CT molecular complexity index is 564. The third kappa shape index (κ3) is 2.36. The number of nitrogens with zero attached hydrogens (tertiary/aromatic N) is 3. The smallest absolute Gasteiger partial charge is 0.180 e. The number of nitrogens with one attached hydrogen (secondary N) is 1. The summed E-state index contributed by atoms with van der Waals surface area (Å²) < 4.78 is 0.957. The van der Waals surface area contributed by atoms with Crippen LogP contribution >= 0.6 is 15.9 Å². The molecule has 1 saturated carbocycles. The van der Waals surface area contributed by atoms with Crippen molar-refractivity contribution in [3.63, 3.8) is 0 Å². The molecule has 18 heavy (non-hydrogen) atoms. The Morgan fingerprint density at radius 2 is 2.11 bits per heavy atom. The summed E-state index contributed by atoms with van der Waals surface area (Å²) in [5.74, 6) is 2.15. The summed E-state index contributed by atoms with van der Waals surface area (Å²) in [4.78, 5) is 13.4. The average Bonchev–Trinajstić information content (AvgIpc) is 3.23. The van der Waals surface area contributed by atoms with Crippen molar-refractivity contribution in [1.29, 1.82) is 0 Å². The molecule has 4 nitrogen and oxygen atoms in total. The number of anilines is 1. The highest BCUT2D eigenvalue weighted by atomic mass is 79.9. The molecule has 92 valence electrons. The molecule has 1 aliphatic carbocycles. The fourth-order valence-electron chi connectivity index (χ4n) is 1.80. The van der Waals surface area contributed by atoms with E-state index in [0.29, 0.717) is 11.7 Å². The lowest BCUT2D eigenvalue weighted by atomic mass is 10.2. The minimum absolute atomic E-state index is 0.606. The van der Waals surface area contributed by atoms with Gasteiger partial charge < -0.3 is 5.32 Å². The van der Waals surface area contributed by atoms with E-state index in [4.69, 9.17) is 0 Å². The number of aromatic nitrogens is 3. The molecule has 2 aromatic heterocycles. The second-order valence-corrected chi connectivity index (χ2v) is 5.30. The van der Waals surface area contributed by atoms with Gasteiger partial charge in [-0.3, -0.25) is 4.98 Å². The Balaban J connectivity index is 2.04. The minimum Gasteiger partial charge on any atom is -0.373 e. The molecule has 0 atom stereocenters. The van der Waals surface area contributed by atoms with Crippen LogP contribution in [0.4, 0.5) is 5.82 Å². The van der Waals surface area contributed by atoms with E-state index in [2.05, 4.69) is 36.2 Å². The van der Waals surface area contributed by atoms with Gasteiger partial charge in [0.1, 0.15) is 11.5 Å². The first-order chi connectivity index (χ1) is 8.76. The van der Waals surface area contributed by atoms with Crippen LogP contribution in [0.3, 0.4) is 0 Å². The summed E-state index contributed by atoms with van der Waals surface area (Å²) in [5.41, 5.74) is 1.92. The van der Waals surface area contributed by atoms with Crippen LogP contribution in [0.5, 0.6) is 0 Å². The molecule has 3 rings (SSSR count). The van der Waals surface area contributed by atoms with E-state index in [-0.39, 0.29) is 0 Å². The Hall–Kier alpha value is -1.49. The zero-order chi connectivity index (χ0) is 12.5. The van der Waals surface area contributed by atoms with Crippen molar-refractivity contribution in [3.05, 3.63) is 34.6 Å². The van der Waals surface area contributed by atoms with Crippen LogP contribution in [0.2, 0.25) is 0 Å². The number of halogens is 1. The van der Waals surface area contributed by atoms with E-state index in [1.807, 2.05) is 25.2 Å². The zero-order valence-corrected chi connectivity index (χ0v) is 11.6. The Kier molecular flexibility index (Phi) is 2.99. The van der Waals surface area contributed by atoms with Crippen LogP contribution < -0.4 is 5.32 Å². The van der Waals surface area contributed by atoms with Gasteiger partial charge in [0, 0.05) is 35.4 Å². The molecular weight excluding hydrogens is 292 g/mol. The molecule has 0 aromatic carbocycles.